The van der Waals surface area contributed by atoms with Gasteiger partial charge in [0.15, 0.2) is 0 Å². The first-order valence-electron chi connectivity index (χ1n) is 9.57. The van der Waals surface area contributed by atoms with E-state index >= 15 is 0 Å². The van der Waals surface area contributed by atoms with Crippen molar-refractivity contribution in [1.29, 1.82) is 0 Å². The van der Waals surface area contributed by atoms with E-state index in [9.17, 15) is 9.59 Å². The molecular weight excluding hydrogens is 380 g/mol. The molecular formula is C23H20N4O3. The Labute approximate surface area is 173 Å². The molecule has 0 atom stereocenters. The van der Waals surface area contributed by atoms with Crippen molar-refractivity contribution in [3.05, 3.63) is 88.3 Å². The molecule has 2 heterocycles. The van der Waals surface area contributed by atoms with E-state index in [0.717, 1.165) is 16.7 Å². The molecule has 1 N–H and O–H groups in total. The second-order valence-electron chi connectivity index (χ2n) is 6.80. The molecule has 0 unspecified atom stereocenters. The van der Waals surface area contributed by atoms with E-state index in [0.29, 0.717) is 29.6 Å². The van der Waals surface area contributed by atoms with Gasteiger partial charge in [0.2, 0.25) is 11.8 Å². The Kier molecular flexibility index (Phi) is 5.26. The minimum Gasteiger partial charge on any atom is -0.416 e. The summed E-state index contributed by atoms with van der Waals surface area (Å²) >= 11 is 0. The van der Waals surface area contributed by atoms with Crippen molar-refractivity contribution in [2.75, 3.05) is 5.32 Å². The van der Waals surface area contributed by atoms with E-state index in [1.807, 2.05) is 38.1 Å². The van der Waals surface area contributed by atoms with Gasteiger partial charge in [-0.05, 0) is 55.8 Å². The number of pyridine rings is 1. The lowest BCUT2D eigenvalue weighted by molar-refractivity contribution is 0.102. The highest BCUT2D eigenvalue weighted by Gasteiger charge is 2.13. The van der Waals surface area contributed by atoms with Gasteiger partial charge in [-0.25, -0.2) is 0 Å². The summed E-state index contributed by atoms with van der Waals surface area (Å²) in [6.45, 7) is 4.39. The average molecular weight is 400 g/mol. The monoisotopic (exact) mass is 400 g/mol. The fourth-order valence-corrected chi connectivity index (χ4v) is 3.08. The van der Waals surface area contributed by atoms with Crippen LogP contribution in [0.3, 0.4) is 0 Å². The first-order valence-corrected chi connectivity index (χ1v) is 9.57. The molecule has 7 nitrogen and oxygen atoms in total. The van der Waals surface area contributed by atoms with Gasteiger partial charge >= 0.3 is 0 Å². The molecule has 30 heavy (non-hydrogen) atoms. The maximum absolute atomic E-state index is 12.5. The highest BCUT2D eigenvalue weighted by atomic mass is 16.4. The van der Waals surface area contributed by atoms with Gasteiger partial charge in [0.1, 0.15) is 0 Å². The number of rotatable bonds is 5. The molecule has 0 fully saturated rings. The minimum absolute atomic E-state index is 0.107. The summed E-state index contributed by atoms with van der Waals surface area (Å²) in [5.41, 5.74) is 3.59. The zero-order chi connectivity index (χ0) is 21.1. The first kappa shape index (κ1) is 19.3. The van der Waals surface area contributed by atoms with Crippen LogP contribution in [-0.2, 0) is 6.54 Å². The van der Waals surface area contributed by atoms with Crippen LogP contribution in [0.15, 0.2) is 76.1 Å². The Bertz CT molecular complexity index is 1260. The fraction of sp³-hybridized carbons (Fsp3) is 0.130. The molecule has 0 aliphatic rings. The van der Waals surface area contributed by atoms with Crippen LogP contribution in [-0.4, -0.2) is 20.7 Å². The Balaban J connectivity index is 1.51. The molecule has 0 aliphatic heterocycles. The summed E-state index contributed by atoms with van der Waals surface area (Å²) in [5.74, 6) is 0.570. The minimum atomic E-state index is -0.269. The molecule has 0 aliphatic carbocycles. The number of aryl methyl sites for hydroxylation is 2. The van der Waals surface area contributed by atoms with Crippen LogP contribution in [0.25, 0.3) is 22.9 Å². The molecule has 1 amide bonds. The number of benzene rings is 2. The Hall–Kier alpha value is -4.00. The number of carbonyl (C=O) groups is 1. The quantitative estimate of drug-likeness (QED) is 0.544. The van der Waals surface area contributed by atoms with Gasteiger partial charge in [-0.15, -0.1) is 10.2 Å². The van der Waals surface area contributed by atoms with E-state index < -0.39 is 0 Å². The Morgan fingerprint density at radius 1 is 1.00 bits per heavy atom. The predicted octanol–water partition coefficient (Wildman–Crippen LogP) is 4.15. The van der Waals surface area contributed by atoms with Gasteiger partial charge in [0.05, 0.1) is 5.69 Å². The Morgan fingerprint density at radius 3 is 2.47 bits per heavy atom. The summed E-state index contributed by atoms with van der Waals surface area (Å²) < 4.78 is 7.34. The number of hydrogen-bond acceptors (Lipinski definition) is 5. The van der Waals surface area contributed by atoms with E-state index in [-0.39, 0.29) is 11.5 Å². The number of hydrogen-bond donors (Lipinski definition) is 1. The van der Waals surface area contributed by atoms with Gasteiger partial charge in [-0.3, -0.25) is 9.59 Å². The number of anilines is 1. The van der Waals surface area contributed by atoms with Gasteiger partial charge in [0.25, 0.3) is 11.5 Å². The standard InChI is InChI=1S/C23H20N4O3/c1-3-27-14-18(12-13-20(27)28)24-21(29)16-8-10-17(11-9-16)22-25-26-23(30-22)19-7-5-4-6-15(19)2/h4-14H,3H2,1-2H3,(H,24,29). The maximum atomic E-state index is 12.5. The highest BCUT2D eigenvalue weighted by Crippen LogP contribution is 2.26. The van der Waals surface area contributed by atoms with Crippen LogP contribution in [0.2, 0.25) is 0 Å². The van der Waals surface area contributed by atoms with Crippen molar-refractivity contribution in [1.82, 2.24) is 14.8 Å². The van der Waals surface area contributed by atoms with Crippen LogP contribution in [0, 0.1) is 6.92 Å². The summed E-state index contributed by atoms with van der Waals surface area (Å²) in [6, 6.07) is 17.7. The predicted molar refractivity (Wildman–Crippen MR) is 114 cm³/mol. The van der Waals surface area contributed by atoms with Crippen molar-refractivity contribution in [2.45, 2.75) is 20.4 Å². The normalized spacial score (nSPS) is 10.7. The molecule has 0 bridgehead atoms. The lowest BCUT2D eigenvalue weighted by Gasteiger charge is -2.08. The SMILES string of the molecule is CCn1cc(NC(=O)c2ccc(-c3nnc(-c4ccccc4C)o3)cc2)ccc1=O. The third kappa shape index (κ3) is 3.91. The Morgan fingerprint density at radius 2 is 1.73 bits per heavy atom. The molecule has 7 heteroatoms. The summed E-state index contributed by atoms with van der Waals surface area (Å²) in [5, 5.41) is 11.1. The number of nitrogens with zero attached hydrogens (tertiary/aromatic N) is 3. The molecule has 150 valence electrons. The van der Waals surface area contributed by atoms with Gasteiger partial charge in [-0.2, -0.15) is 0 Å². The molecule has 2 aromatic carbocycles. The molecule has 0 saturated heterocycles. The maximum Gasteiger partial charge on any atom is 0.255 e. The molecule has 0 saturated carbocycles. The van der Waals surface area contributed by atoms with Crippen molar-refractivity contribution >= 4 is 11.6 Å². The second kappa shape index (κ2) is 8.16. The van der Waals surface area contributed by atoms with E-state index in [1.165, 1.54) is 10.6 Å². The molecule has 2 aromatic heterocycles. The zero-order valence-corrected chi connectivity index (χ0v) is 16.6. The average Bonchev–Trinajstić information content (AvgIpc) is 3.25. The number of carbonyl (C=O) groups excluding carboxylic acids is 1. The lowest BCUT2D eigenvalue weighted by atomic mass is 10.1. The van der Waals surface area contributed by atoms with Crippen LogP contribution in [0.4, 0.5) is 5.69 Å². The van der Waals surface area contributed by atoms with Crippen LogP contribution in [0.5, 0.6) is 0 Å². The van der Waals surface area contributed by atoms with Crippen molar-refractivity contribution < 1.29 is 9.21 Å². The highest BCUT2D eigenvalue weighted by molar-refractivity contribution is 6.04. The molecule has 0 radical (unpaired) electrons. The van der Waals surface area contributed by atoms with Crippen molar-refractivity contribution in [3.63, 3.8) is 0 Å². The topological polar surface area (TPSA) is 90.0 Å². The second-order valence-corrected chi connectivity index (χ2v) is 6.80. The summed E-state index contributed by atoms with van der Waals surface area (Å²) in [4.78, 5) is 24.2. The smallest absolute Gasteiger partial charge is 0.255 e. The van der Waals surface area contributed by atoms with Crippen molar-refractivity contribution in [2.24, 2.45) is 0 Å². The molecule has 4 rings (SSSR count). The van der Waals surface area contributed by atoms with Crippen LogP contribution < -0.4 is 10.9 Å². The fourth-order valence-electron chi connectivity index (χ4n) is 3.08. The van der Waals surface area contributed by atoms with Gasteiger partial charge < -0.3 is 14.3 Å². The zero-order valence-electron chi connectivity index (χ0n) is 16.6. The van der Waals surface area contributed by atoms with E-state index in [2.05, 4.69) is 15.5 Å². The lowest BCUT2D eigenvalue weighted by Crippen LogP contribution is -2.19. The third-order valence-electron chi connectivity index (χ3n) is 4.78. The van der Waals surface area contributed by atoms with E-state index in [1.54, 1.807) is 36.5 Å². The summed E-state index contributed by atoms with van der Waals surface area (Å²) in [6.07, 6.45) is 1.63. The number of aromatic nitrogens is 3. The van der Waals surface area contributed by atoms with E-state index in [4.69, 9.17) is 4.42 Å². The largest absolute Gasteiger partial charge is 0.416 e. The van der Waals surface area contributed by atoms with Crippen molar-refractivity contribution in [3.8, 4) is 22.9 Å². The molecule has 4 aromatic rings. The van der Waals surface area contributed by atoms with Gasteiger partial charge in [-0.1, -0.05) is 18.2 Å². The number of amides is 1. The third-order valence-corrected chi connectivity index (χ3v) is 4.78. The summed E-state index contributed by atoms with van der Waals surface area (Å²) in [7, 11) is 0. The van der Waals surface area contributed by atoms with Gasteiger partial charge in [0, 0.05) is 35.5 Å². The molecule has 0 spiro atoms. The first-order chi connectivity index (χ1) is 14.5. The van der Waals surface area contributed by atoms with Crippen LogP contribution >= 0.6 is 0 Å². The number of nitrogens with one attached hydrogen (secondary N) is 1. The van der Waals surface area contributed by atoms with Crippen LogP contribution in [0.1, 0.15) is 22.8 Å².